The number of aryl methyl sites for hydroxylation is 1. The van der Waals surface area contributed by atoms with E-state index < -0.39 is 0 Å². The van der Waals surface area contributed by atoms with Gasteiger partial charge in [-0.15, -0.1) is 0 Å². The number of nitriles is 1. The summed E-state index contributed by atoms with van der Waals surface area (Å²) in [4.78, 5) is 6.67. The lowest BCUT2D eigenvalue weighted by Crippen LogP contribution is -2.46. The molecule has 2 heterocycles. The number of pyridine rings is 1. The normalized spacial score (nSPS) is 24.5. The molecule has 4 heteroatoms. The molecule has 1 aliphatic rings. The SMILES string of the molecule is Cc1ccc(C#N)c(N2CCC(N)C(C)C2)n1. The van der Waals surface area contributed by atoms with E-state index >= 15 is 0 Å². The van der Waals surface area contributed by atoms with Crippen LogP contribution in [0.1, 0.15) is 24.6 Å². The second-order valence-electron chi connectivity index (χ2n) is 4.81. The van der Waals surface area contributed by atoms with Gasteiger partial charge in [0.15, 0.2) is 0 Å². The molecule has 1 aromatic rings. The van der Waals surface area contributed by atoms with Gasteiger partial charge < -0.3 is 10.6 Å². The van der Waals surface area contributed by atoms with E-state index in [1.165, 1.54) is 0 Å². The summed E-state index contributed by atoms with van der Waals surface area (Å²) in [5.41, 5.74) is 7.60. The third-order valence-electron chi connectivity index (χ3n) is 3.41. The minimum Gasteiger partial charge on any atom is -0.355 e. The Bertz CT molecular complexity index is 449. The van der Waals surface area contributed by atoms with E-state index in [1.807, 2.05) is 19.1 Å². The molecule has 0 aliphatic carbocycles. The van der Waals surface area contributed by atoms with Crippen molar-refractivity contribution in [3.8, 4) is 6.07 Å². The van der Waals surface area contributed by atoms with Crippen LogP contribution in [0.2, 0.25) is 0 Å². The van der Waals surface area contributed by atoms with Gasteiger partial charge >= 0.3 is 0 Å². The molecule has 2 atom stereocenters. The fourth-order valence-electron chi connectivity index (χ4n) is 2.23. The largest absolute Gasteiger partial charge is 0.355 e. The Labute approximate surface area is 102 Å². The molecule has 17 heavy (non-hydrogen) atoms. The standard InChI is InChI=1S/C13H18N4/c1-9-8-17(6-5-12(9)15)13-11(7-14)4-3-10(2)16-13/h3-4,9,12H,5-6,8,15H2,1-2H3. The van der Waals surface area contributed by atoms with E-state index in [-0.39, 0.29) is 6.04 Å². The maximum Gasteiger partial charge on any atom is 0.146 e. The summed E-state index contributed by atoms with van der Waals surface area (Å²) >= 11 is 0. The Morgan fingerprint density at radius 1 is 1.53 bits per heavy atom. The van der Waals surface area contributed by atoms with Gasteiger partial charge in [-0.1, -0.05) is 6.92 Å². The topological polar surface area (TPSA) is 65.9 Å². The predicted octanol–water partition coefficient (Wildman–Crippen LogP) is 1.44. The van der Waals surface area contributed by atoms with Gasteiger partial charge in [0.25, 0.3) is 0 Å². The molecule has 4 nitrogen and oxygen atoms in total. The minimum absolute atomic E-state index is 0.265. The molecule has 1 aromatic heterocycles. The zero-order chi connectivity index (χ0) is 12.4. The highest BCUT2D eigenvalue weighted by molar-refractivity contribution is 5.54. The zero-order valence-electron chi connectivity index (χ0n) is 10.3. The summed E-state index contributed by atoms with van der Waals surface area (Å²) in [6.07, 6.45) is 0.960. The fourth-order valence-corrected chi connectivity index (χ4v) is 2.23. The summed E-state index contributed by atoms with van der Waals surface area (Å²) in [5, 5.41) is 9.12. The highest BCUT2D eigenvalue weighted by Gasteiger charge is 2.25. The average Bonchev–Trinajstić information content (AvgIpc) is 2.32. The lowest BCUT2D eigenvalue weighted by Gasteiger charge is -2.36. The molecule has 0 radical (unpaired) electrons. The Hall–Kier alpha value is -1.60. The van der Waals surface area contributed by atoms with Crippen LogP contribution < -0.4 is 10.6 Å². The molecule has 2 unspecified atom stereocenters. The molecule has 1 saturated heterocycles. The summed E-state index contributed by atoms with van der Waals surface area (Å²) in [7, 11) is 0. The second-order valence-corrected chi connectivity index (χ2v) is 4.81. The molecule has 0 aromatic carbocycles. The van der Waals surface area contributed by atoms with E-state index in [0.717, 1.165) is 31.0 Å². The Morgan fingerprint density at radius 2 is 2.29 bits per heavy atom. The van der Waals surface area contributed by atoms with Crippen LogP contribution in [0.4, 0.5) is 5.82 Å². The van der Waals surface area contributed by atoms with Gasteiger partial charge in [0.1, 0.15) is 11.9 Å². The van der Waals surface area contributed by atoms with Gasteiger partial charge in [-0.25, -0.2) is 4.98 Å². The van der Waals surface area contributed by atoms with Crippen LogP contribution >= 0.6 is 0 Å². The van der Waals surface area contributed by atoms with Crippen molar-refractivity contribution in [3.05, 3.63) is 23.4 Å². The van der Waals surface area contributed by atoms with Crippen molar-refractivity contribution in [3.63, 3.8) is 0 Å². The first-order valence-electron chi connectivity index (χ1n) is 6.00. The first kappa shape index (κ1) is 11.9. The molecule has 1 fully saturated rings. The van der Waals surface area contributed by atoms with Crippen molar-refractivity contribution in [2.45, 2.75) is 26.3 Å². The molecule has 0 bridgehead atoms. The number of piperidine rings is 1. The van der Waals surface area contributed by atoms with Crippen LogP contribution in [0.3, 0.4) is 0 Å². The summed E-state index contributed by atoms with van der Waals surface area (Å²) in [6, 6.07) is 6.20. The summed E-state index contributed by atoms with van der Waals surface area (Å²) in [5.74, 6) is 1.25. The first-order valence-corrected chi connectivity index (χ1v) is 6.00. The third kappa shape index (κ3) is 2.40. The monoisotopic (exact) mass is 230 g/mol. The van der Waals surface area contributed by atoms with Crippen LogP contribution in [0, 0.1) is 24.2 Å². The minimum atomic E-state index is 0.265. The van der Waals surface area contributed by atoms with Gasteiger partial charge in [0.05, 0.1) is 5.56 Å². The second kappa shape index (κ2) is 4.72. The summed E-state index contributed by atoms with van der Waals surface area (Å²) in [6.45, 7) is 5.87. The smallest absolute Gasteiger partial charge is 0.146 e. The Morgan fingerprint density at radius 3 is 2.94 bits per heavy atom. The molecule has 90 valence electrons. The number of anilines is 1. The van der Waals surface area contributed by atoms with E-state index in [0.29, 0.717) is 11.5 Å². The van der Waals surface area contributed by atoms with Crippen LogP contribution in [0.25, 0.3) is 0 Å². The van der Waals surface area contributed by atoms with E-state index in [4.69, 9.17) is 11.0 Å². The van der Waals surface area contributed by atoms with Crippen molar-refractivity contribution in [1.29, 1.82) is 5.26 Å². The Balaban J connectivity index is 2.28. The fraction of sp³-hybridized carbons (Fsp3) is 0.538. The van der Waals surface area contributed by atoms with Gasteiger partial charge in [-0.05, 0) is 31.4 Å². The van der Waals surface area contributed by atoms with Gasteiger partial charge in [-0.3, -0.25) is 0 Å². The molecular weight excluding hydrogens is 212 g/mol. The highest BCUT2D eigenvalue weighted by Crippen LogP contribution is 2.24. The lowest BCUT2D eigenvalue weighted by molar-refractivity contribution is 0.381. The van der Waals surface area contributed by atoms with Crippen LogP contribution in [-0.2, 0) is 0 Å². The van der Waals surface area contributed by atoms with Gasteiger partial charge in [0.2, 0.25) is 0 Å². The van der Waals surface area contributed by atoms with Crippen molar-refractivity contribution in [2.75, 3.05) is 18.0 Å². The van der Waals surface area contributed by atoms with Crippen molar-refractivity contribution in [1.82, 2.24) is 4.98 Å². The number of hydrogen-bond donors (Lipinski definition) is 1. The van der Waals surface area contributed by atoms with Crippen LogP contribution in [0.5, 0.6) is 0 Å². The zero-order valence-corrected chi connectivity index (χ0v) is 10.3. The van der Waals surface area contributed by atoms with Crippen molar-refractivity contribution in [2.24, 2.45) is 11.7 Å². The molecule has 0 spiro atoms. The maximum absolute atomic E-state index is 9.12. The first-order chi connectivity index (χ1) is 8.11. The van der Waals surface area contributed by atoms with E-state index in [9.17, 15) is 0 Å². The lowest BCUT2D eigenvalue weighted by atomic mass is 9.94. The number of nitrogens with zero attached hydrogens (tertiary/aromatic N) is 3. The number of rotatable bonds is 1. The summed E-state index contributed by atoms with van der Waals surface area (Å²) < 4.78 is 0. The van der Waals surface area contributed by atoms with Gasteiger partial charge in [-0.2, -0.15) is 5.26 Å². The molecule has 0 saturated carbocycles. The molecule has 1 aliphatic heterocycles. The average molecular weight is 230 g/mol. The predicted molar refractivity (Wildman–Crippen MR) is 67.7 cm³/mol. The number of hydrogen-bond acceptors (Lipinski definition) is 4. The Kier molecular flexibility index (Phi) is 3.30. The number of nitrogens with two attached hydrogens (primary N) is 1. The van der Waals surface area contributed by atoms with Crippen molar-refractivity contribution >= 4 is 5.82 Å². The molecule has 0 amide bonds. The van der Waals surface area contributed by atoms with E-state index in [1.54, 1.807) is 0 Å². The third-order valence-corrected chi connectivity index (χ3v) is 3.41. The maximum atomic E-state index is 9.12. The molecular formula is C13H18N4. The van der Waals surface area contributed by atoms with Crippen LogP contribution in [0.15, 0.2) is 12.1 Å². The quantitative estimate of drug-likeness (QED) is 0.792. The molecule has 2 rings (SSSR count). The highest BCUT2D eigenvalue weighted by atomic mass is 15.2. The van der Waals surface area contributed by atoms with Crippen molar-refractivity contribution < 1.29 is 0 Å². The van der Waals surface area contributed by atoms with Gasteiger partial charge in [0, 0.05) is 24.8 Å². The van der Waals surface area contributed by atoms with E-state index in [2.05, 4.69) is 22.9 Å². The van der Waals surface area contributed by atoms with Crippen LogP contribution in [-0.4, -0.2) is 24.1 Å². The molecule has 2 N–H and O–H groups in total. The number of aromatic nitrogens is 1.